The Hall–Kier alpha value is -0.990. The van der Waals surface area contributed by atoms with Crippen LogP contribution in [0, 0.1) is 0 Å². The molecule has 0 saturated carbocycles. The van der Waals surface area contributed by atoms with Gasteiger partial charge < -0.3 is 0 Å². The van der Waals surface area contributed by atoms with Crippen LogP contribution in [0.2, 0.25) is 0 Å². The van der Waals surface area contributed by atoms with E-state index < -0.39 is 11.7 Å². The van der Waals surface area contributed by atoms with Gasteiger partial charge in [0.1, 0.15) is 0 Å². The van der Waals surface area contributed by atoms with E-state index >= 15 is 0 Å². The maximum atomic E-state index is 11.8. The zero-order valence-corrected chi connectivity index (χ0v) is 11.1. The molecule has 0 bridgehead atoms. The molecule has 96 valence electrons. The fraction of sp³-hybridized carbons (Fsp3) is 0.538. The van der Waals surface area contributed by atoms with Gasteiger partial charge in [-0.3, -0.25) is 0 Å². The third-order valence-corrected chi connectivity index (χ3v) is 1.37. The third kappa shape index (κ3) is 13.0. The van der Waals surface area contributed by atoms with Gasteiger partial charge in [0.15, 0.2) is 0 Å². The molecule has 0 N–H and O–H groups in total. The van der Waals surface area contributed by atoms with Crippen LogP contribution in [0.15, 0.2) is 36.0 Å². The number of halogens is 3. The normalized spacial score (nSPS) is 11.2. The van der Waals surface area contributed by atoms with Crippen LogP contribution in [0.5, 0.6) is 0 Å². The molecule has 0 heterocycles. The molecule has 0 saturated heterocycles. The summed E-state index contributed by atoms with van der Waals surface area (Å²) in [6.07, 6.45) is -0.240. The van der Waals surface area contributed by atoms with Crippen LogP contribution in [0.25, 0.3) is 0 Å². The molecule has 0 atom stereocenters. The van der Waals surface area contributed by atoms with E-state index in [0.717, 1.165) is 11.6 Å². The van der Waals surface area contributed by atoms with E-state index in [4.69, 9.17) is 0 Å². The lowest BCUT2D eigenvalue weighted by Crippen LogP contribution is -2.08. The second kappa shape index (κ2) is 12.1. The van der Waals surface area contributed by atoms with Crippen LogP contribution in [0.3, 0.4) is 0 Å². The third-order valence-electron chi connectivity index (χ3n) is 1.37. The van der Waals surface area contributed by atoms with Crippen LogP contribution in [0.1, 0.15) is 41.5 Å². The van der Waals surface area contributed by atoms with E-state index in [-0.39, 0.29) is 0 Å². The lowest BCUT2D eigenvalue weighted by molar-refractivity contribution is -0.0878. The van der Waals surface area contributed by atoms with Gasteiger partial charge in [-0.25, -0.2) is 0 Å². The van der Waals surface area contributed by atoms with Crippen molar-refractivity contribution in [3.05, 3.63) is 36.0 Å². The highest BCUT2D eigenvalue weighted by Gasteiger charge is 2.29. The van der Waals surface area contributed by atoms with Gasteiger partial charge in [-0.1, -0.05) is 58.1 Å². The zero-order valence-electron chi connectivity index (χ0n) is 11.1. The Kier molecular flexibility index (Phi) is 15.4. The maximum Gasteiger partial charge on any atom is 0.415 e. The zero-order chi connectivity index (χ0) is 13.8. The molecule has 0 aromatic rings. The SMILES string of the molecule is C=C(/C=C\C(C)=C/C)C(F)(F)F.CC.CC. The first kappa shape index (κ1) is 20.4. The van der Waals surface area contributed by atoms with Crippen molar-refractivity contribution >= 4 is 0 Å². The molecule has 0 aliphatic rings. The standard InChI is InChI=1S/C9H11F3.2C2H6/c1-4-7(2)5-6-8(3)9(10,11)12;2*1-2/h4-6H,3H2,1-2H3;2*1-2H3/b6-5-,7-4-;;. The lowest BCUT2D eigenvalue weighted by Gasteiger charge is -2.04. The maximum absolute atomic E-state index is 11.8. The molecule has 0 aromatic carbocycles. The van der Waals surface area contributed by atoms with Crippen molar-refractivity contribution in [2.45, 2.75) is 47.7 Å². The Balaban J connectivity index is -0.000000376. The molecule has 0 nitrogen and oxygen atoms in total. The Morgan fingerprint density at radius 3 is 1.62 bits per heavy atom. The van der Waals surface area contributed by atoms with E-state index in [1.807, 2.05) is 27.7 Å². The molecular weight excluding hydrogens is 213 g/mol. The molecular formula is C13H23F3. The van der Waals surface area contributed by atoms with E-state index in [1.165, 1.54) is 6.08 Å². The Bertz CT molecular complexity index is 220. The van der Waals surface area contributed by atoms with Crippen LogP contribution in [-0.4, -0.2) is 6.18 Å². The lowest BCUT2D eigenvalue weighted by atomic mass is 10.2. The first-order valence-electron chi connectivity index (χ1n) is 5.45. The van der Waals surface area contributed by atoms with E-state index in [2.05, 4.69) is 6.58 Å². The fourth-order valence-electron chi connectivity index (χ4n) is 0.423. The van der Waals surface area contributed by atoms with Crippen LogP contribution >= 0.6 is 0 Å². The van der Waals surface area contributed by atoms with Gasteiger partial charge in [-0.2, -0.15) is 13.2 Å². The highest BCUT2D eigenvalue weighted by Crippen LogP contribution is 2.24. The number of allylic oxidation sites excluding steroid dienone is 5. The summed E-state index contributed by atoms with van der Waals surface area (Å²) in [6, 6.07) is 0. The predicted molar refractivity (Wildman–Crippen MR) is 66.5 cm³/mol. The largest absolute Gasteiger partial charge is 0.415 e. The molecule has 0 rings (SSSR count). The van der Waals surface area contributed by atoms with Gasteiger partial charge in [-0.15, -0.1) is 0 Å². The minimum atomic E-state index is -4.31. The summed E-state index contributed by atoms with van der Waals surface area (Å²) >= 11 is 0. The number of alkyl halides is 3. The molecule has 0 fully saturated rings. The monoisotopic (exact) mass is 236 g/mol. The summed E-state index contributed by atoms with van der Waals surface area (Å²) in [6.45, 7) is 14.4. The van der Waals surface area contributed by atoms with Crippen molar-refractivity contribution in [3.8, 4) is 0 Å². The number of rotatable bonds is 2. The molecule has 3 heteroatoms. The van der Waals surface area contributed by atoms with Crippen molar-refractivity contribution < 1.29 is 13.2 Å². The van der Waals surface area contributed by atoms with Gasteiger partial charge in [0.2, 0.25) is 0 Å². The molecule has 0 aliphatic heterocycles. The van der Waals surface area contributed by atoms with Crippen LogP contribution in [-0.2, 0) is 0 Å². The average Bonchev–Trinajstić information content (AvgIpc) is 2.29. The quantitative estimate of drug-likeness (QED) is 0.541. The molecule has 0 radical (unpaired) electrons. The Morgan fingerprint density at radius 2 is 1.38 bits per heavy atom. The van der Waals surface area contributed by atoms with Crippen LogP contribution < -0.4 is 0 Å². The van der Waals surface area contributed by atoms with Crippen molar-refractivity contribution in [1.29, 1.82) is 0 Å². The van der Waals surface area contributed by atoms with Gasteiger partial charge in [0.05, 0.1) is 0 Å². The van der Waals surface area contributed by atoms with Gasteiger partial charge in [0, 0.05) is 5.57 Å². The molecule has 0 aromatic heterocycles. The summed E-state index contributed by atoms with van der Waals surface area (Å²) in [7, 11) is 0. The van der Waals surface area contributed by atoms with Crippen molar-refractivity contribution in [2.75, 3.05) is 0 Å². The van der Waals surface area contributed by atoms with Crippen molar-refractivity contribution in [3.63, 3.8) is 0 Å². The molecule has 16 heavy (non-hydrogen) atoms. The number of hydrogen-bond donors (Lipinski definition) is 0. The van der Waals surface area contributed by atoms with Crippen molar-refractivity contribution in [1.82, 2.24) is 0 Å². The average molecular weight is 236 g/mol. The minimum Gasteiger partial charge on any atom is -0.166 e. The second-order valence-electron chi connectivity index (χ2n) is 2.39. The van der Waals surface area contributed by atoms with Gasteiger partial charge in [-0.05, 0) is 13.8 Å². The van der Waals surface area contributed by atoms with E-state index in [9.17, 15) is 13.2 Å². The molecule has 0 amide bonds. The molecule has 0 aliphatic carbocycles. The molecule has 0 unspecified atom stereocenters. The summed E-state index contributed by atoms with van der Waals surface area (Å²) in [5.41, 5.74) is -0.0518. The highest BCUT2D eigenvalue weighted by molar-refractivity contribution is 5.27. The first-order valence-corrected chi connectivity index (χ1v) is 5.45. The van der Waals surface area contributed by atoms with E-state index in [1.54, 1.807) is 19.9 Å². The first-order chi connectivity index (χ1) is 7.38. The fourth-order valence-corrected chi connectivity index (χ4v) is 0.423. The van der Waals surface area contributed by atoms with Gasteiger partial charge in [0.25, 0.3) is 0 Å². The summed E-state index contributed by atoms with van der Waals surface area (Å²) in [5, 5.41) is 0. The molecule has 0 spiro atoms. The van der Waals surface area contributed by atoms with E-state index in [0.29, 0.717) is 0 Å². The van der Waals surface area contributed by atoms with Gasteiger partial charge >= 0.3 is 6.18 Å². The predicted octanol–water partition coefficient (Wildman–Crippen LogP) is 5.68. The highest BCUT2D eigenvalue weighted by atomic mass is 19.4. The topological polar surface area (TPSA) is 0 Å². The summed E-state index contributed by atoms with van der Waals surface area (Å²) < 4.78 is 35.5. The second-order valence-corrected chi connectivity index (χ2v) is 2.39. The van der Waals surface area contributed by atoms with Crippen molar-refractivity contribution in [2.24, 2.45) is 0 Å². The smallest absolute Gasteiger partial charge is 0.166 e. The minimum absolute atomic E-state index is 0.778. The Morgan fingerprint density at radius 1 is 1.00 bits per heavy atom. The summed E-state index contributed by atoms with van der Waals surface area (Å²) in [5.74, 6) is 0. The summed E-state index contributed by atoms with van der Waals surface area (Å²) in [4.78, 5) is 0. The van der Waals surface area contributed by atoms with Crippen LogP contribution in [0.4, 0.5) is 13.2 Å². The number of hydrogen-bond acceptors (Lipinski definition) is 0. The Labute approximate surface area is 97.6 Å².